The molecule has 0 radical (unpaired) electrons. The maximum atomic E-state index is 13.6. The molecule has 2 N–H and O–H groups in total. The van der Waals surface area contributed by atoms with Crippen molar-refractivity contribution in [1.29, 1.82) is 0 Å². The highest BCUT2D eigenvalue weighted by molar-refractivity contribution is 7.92. The Bertz CT molecular complexity index is 786. The quantitative estimate of drug-likeness (QED) is 0.864. The summed E-state index contributed by atoms with van der Waals surface area (Å²) >= 11 is 0. The molecule has 0 aliphatic carbocycles. The van der Waals surface area contributed by atoms with E-state index in [9.17, 15) is 17.6 Å². The van der Waals surface area contributed by atoms with E-state index < -0.39 is 33.3 Å². The summed E-state index contributed by atoms with van der Waals surface area (Å²) in [5.74, 6) is -1.98. The van der Waals surface area contributed by atoms with E-state index >= 15 is 0 Å². The Morgan fingerprint density at radius 2 is 2.19 bits per heavy atom. The number of anilines is 1. The second-order valence-electron chi connectivity index (χ2n) is 4.36. The summed E-state index contributed by atoms with van der Waals surface area (Å²) in [6.45, 7) is 1.24. The fourth-order valence-corrected chi connectivity index (χ4v) is 2.86. The van der Waals surface area contributed by atoms with Crippen LogP contribution in [0.15, 0.2) is 35.5 Å². The molecular weight excluding hydrogens is 301 g/mol. The van der Waals surface area contributed by atoms with Gasteiger partial charge in [-0.15, -0.1) is 0 Å². The topological polar surface area (TPSA) is 101 Å². The first-order valence-electron chi connectivity index (χ1n) is 5.81. The molecule has 0 amide bonds. The summed E-state index contributed by atoms with van der Waals surface area (Å²) in [5, 5.41) is 12.3. The molecule has 1 aromatic heterocycles. The van der Waals surface area contributed by atoms with Gasteiger partial charge in [-0.05, 0) is 24.6 Å². The molecule has 0 saturated carbocycles. The van der Waals surface area contributed by atoms with Crippen LogP contribution >= 0.6 is 0 Å². The predicted octanol–water partition coefficient (Wildman–Crippen LogP) is 1.22. The van der Waals surface area contributed by atoms with E-state index in [-0.39, 0.29) is 5.69 Å². The molecular formula is C12H12FN3O4S. The minimum atomic E-state index is -4.11. The van der Waals surface area contributed by atoms with Gasteiger partial charge in [-0.25, -0.2) is 12.8 Å². The number of carboxylic acids is 1. The molecule has 2 rings (SSSR count). The van der Waals surface area contributed by atoms with E-state index in [0.717, 1.165) is 16.9 Å². The fourth-order valence-electron chi connectivity index (χ4n) is 1.67. The summed E-state index contributed by atoms with van der Waals surface area (Å²) in [7, 11) is -4.11. The SMILES string of the molecule is Cc1ccc(F)c(S(=O)(=O)Nc2cnn(CC(=O)O)c2)c1. The average molecular weight is 313 g/mol. The van der Waals surface area contributed by atoms with Gasteiger partial charge < -0.3 is 5.11 Å². The number of aromatic nitrogens is 2. The Hall–Kier alpha value is -2.42. The molecule has 0 unspecified atom stereocenters. The van der Waals surface area contributed by atoms with Gasteiger partial charge in [-0.1, -0.05) is 6.07 Å². The van der Waals surface area contributed by atoms with E-state index in [2.05, 4.69) is 9.82 Å². The number of sulfonamides is 1. The van der Waals surface area contributed by atoms with Gasteiger partial charge in [0.1, 0.15) is 17.3 Å². The van der Waals surface area contributed by atoms with Gasteiger partial charge in [0.2, 0.25) is 0 Å². The highest BCUT2D eigenvalue weighted by atomic mass is 32.2. The van der Waals surface area contributed by atoms with E-state index in [1.165, 1.54) is 18.3 Å². The number of hydrogen-bond acceptors (Lipinski definition) is 4. The van der Waals surface area contributed by atoms with Gasteiger partial charge in [0.25, 0.3) is 10.0 Å². The van der Waals surface area contributed by atoms with Crippen LogP contribution in [0, 0.1) is 12.7 Å². The van der Waals surface area contributed by atoms with E-state index in [0.29, 0.717) is 5.56 Å². The number of carbonyl (C=O) groups is 1. The summed E-state index contributed by atoms with van der Waals surface area (Å²) < 4.78 is 41.0. The number of benzene rings is 1. The molecule has 0 spiro atoms. The highest BCUT2D eigenvalue weighted by Crippen LogP contribution is 2.19. The Morgan fingerprint density at radius 1 is 1.48 bits per heavy atom. The van der Waals surface area contributed by atoms with Crippen LogP contribution in [0.5, 0.6) is 0 Å². The van der Waals surface area contributed by atoms with Gasteiger partial charge in [0, 0.05) is 6.20 Å². The van der Waals surface area contributed by atoms with Crippen LogP contribution in [0.25, 0.3) is 0 Å². The number of nitrogens with one attached hydrogen (secondary N) is 1. The summed E-state index contributed by atoms with van der Waals surface area (Å²) in [6.07, 6.45) is 2.35. The second-order valence-corrected chi connectivity index (χ2v) is 6.01. The molecule has 0 saturated heterocycles. The van der Waals surface area contributed by atoms with Gasteiger partial charge in [0.05, 0.1) is 11.9 Å². The first-order valence-corrected chi connectivity index (χ1v) is 7.29. The van der Waals surface area contributed by atoms with Crippen LogP contribution < -0.4 is 4.72 Å². The van der Waals surface area contributed by atoms with Crippen LogP contribution in [0.1, 0.15) is 5.56 Å². The van der Waals surface area contributed by atoms with Crippen molar-refractivity contribution in [2.45, 2.75) is 18.4 Å². The largest absolute Gasteiger partial charge is 0.480 e. The number of aliphatic carboxylic acids is 1. The van der Waals surface area contributed by atoms with Gasteiger partial charge in [-0.3, -0.25) is 14.2 Å². The summed E-state index contributed by atoms with van der Waals surface area (Å²) in [6, 6.07) is 3.73. The summed E-state index contributed by atoms with van der Waals surface area (Å²) in [4.78, 5) is 10.0. The van der Waals surface area contributed by atoms with E-state index in [1.54, 1.807) is 6.92 Å². The van der Waals surface area contributed by atoms with Crippen molar-refractivity contribution in [2.24, 2.45) is 0 Å². The monoisotopic (exact) mass is 313 g/mol. The molecule has 2 aromatic rings. The van der Waals surface area contributed by atoms with Crippen molar-refractivity contribution in [3.63, 3.8) is 0 Å². The highest BCUT2D eigenvalue weighted by Gasteiger charge is 2.20. The van der Waals surface area contributed by atoms with Crippen molar-refractivity contribution in [3.8, 4) is 0 Å². The van der Waals surface area contributed by atoms with Crippen molar-refractivity contribution >= 4 is 21.7 Å². The third-order valence-electron chi connectivity index (χ3n) is 2.56. The standard InChI is InChI=1S/C12H12FN3O4S/c1-8-2-3-10(13)11(4-8)21(19,20)15-9-5-14-16(6-9)7-12(17)18/h2-6,15H,7H2,1H3,(H,17,18). The molecule has 0 bridgehead atoms. The van der Waals surface area contributed by atoms with Crippen LogP contribution in [0.3, 0.4) is 0 Å². The Morgan fingerprint density at radius 3 is 2.86 bits per heavy atom. The maximum absolute atomic E-state index is 13.6. The Labute approximate surface area is 120 Å². The predicted molar refractivity (Wildman–Crippen MR) is 71.8 cm³/mol. The molecule has 7 nitrogen and oxygen atoms in total. The average Bonchev–Trinajstić information content (AvgIpc) is 2.77. The molecule has 0 aliphatic rings. The maximum Gasteiger partial charge on any atom is 0.325 e. The zero-order valence-corrected chi connectivity index (χ0v) is 11.8. The normalized spacial score (nSPS) is 11.3. The molecule has 1 heterocycles. The molecule has 9 heteroatoms. The Balaban J connectivity index is 2.27. The van der Waals surface area contributed by atoms with Crippen LogP contribution in [-0.2, 0) is 21.4 Å². The number of aryl methyl sites for hydroxylation is 1. The van der Waals surface area contributed by atoms with Gasteiger partial charge >= 0.3 is 5.97 Å². The van der Waals surface area contributed by atoms with Crippen molar-refractivity contribution in [3.05, 3.63) is 42.0 Å². The molecule has 21 heavy (non-hydrogen) atoms. The van der Waals surface area contributed by atoms with Crippen molar-refractivity contribution in [2.75, 3.05) is 4.72 Å². The summed E-state index contributed by atoms with van der Waals surface area (Å²) in [5.41, 5.74) is 0.649. The lowest BCUT2D eigenvalue weighted by atomic mass is 10.2. The lowest BCUT2D eigenvalue weighted by molar-refractivity contribution is -0.137. The van der Waals surface area contributed by atoms with Crippen LogP contribution in [0.2, 0.25) is 0 Å². The van der Waals surface area contributed by atoms with Crippen molar-refractivity contribution in [1.82, 2.24) is 9.78 Å². The van der Waals surface area contributed by atoms with Crippen LogP contribution in [0.4, 0.5) is 10.1 Å². The zero-order chi connectivity index (χ0) is 15.6. The molecule has 0 fully saturated rings. The lowest BCUT2D eigenvalue weighted by Gasteiger charge is -2.07. The minimum absolute atomic E-state index is 0.0529. The van der Waals surface area contributed by atoms with Gasteiger partial charge in [-0.2, -0.15) is 5.10 Å². The number of halogens is 1. The number of rotatable bonds is 5. The molecule has 1 aromatic carbocycles. The Kier molecular flexibility index (Phi) is 3.94. The first-order chi connectivity index (χ1) is 9.78. The van der Waals surface area contributed by atoms with Crippen molar-refractivity contribution < 1.29 is 22.7 Å². The molecule has 0 aliphatic heterocycles. The zero-order valence-electron chi connectivity index (χ0n) is 10.9. The minimum Gasteiger partial charge on any atom is -0.480 e. The molecule has 112 valence electrons. The number of hydrogen-bond donors (Lipinski definition) is 2. The first kappa shape index (κ1) is 15.0. The fraction of sp³-hybridized carbons (Fsp3) is 0.167. The van der Waals surface area contributed by atoms with E-state index in [4.69, 9.17) is 5.11 Å². The van der Waals surface area contributed by atoms with Gasteiger partial charge in [0.15, 0.2) is 0 Å². The lowest BCUT2D eigenvalue weighted by Crippen LogP contribution is -2.14. The smallest absolute Gasteiger partial charge is 0.325 e. The van der Waals surface area contributed by atoms with E-state index in [1.807, 2.05) is 0 Å². The number of nitrogens with zero attached hydrogens (tertiary/aromatic N) is 2. The second kappa shape index (κ2) is 5.52. The third kappa shape index (κ3) is 3.57. The third-order valence-corrected chi connectivity index (χ3v) is 3.96. The van der Waals surface area contributed by atoms with Crippen LogP contribution in [-0.4, -0.2) is 29.3 Å². The molecule has 0 atom stereocenters. The number of carboxylic acid groups (broad SMARTS) is 1.